The highest BCUT2D eigenvalue weighted by atomic mass is 127. The molecule has 4 heteroatoms. The van der Waals surface area contributed by atoms with Gasteiger partial charge in [0.25, 0.3) is 0 Å². The zero-order valence-electron chi connectivity index (χ0n) is 7.31. The lowest BCUT2D eigenvalue weighted by molar-refractivity contribution is 1.35. The van der Waals surface area contributed by atoms with Gasteiger partial charge in [0.05, 0.1) is 19.1 Å². The highest BCUT2D eigenvalue weighted by molar-refractivity contribution is 14.1. The maximum atomic E-state index is 6.17. The number of halogens is 3. The predicted molar refractivity (Wildman–Crippen MR) is 69.2 cm³/mol. The third-order valence-electron chi connectivity index (χ3n) is 2.06. The van der Waals surface area contributed by atoms with E-state index in [0.29, 0.717) is 10.0 Å². The summed E-state index contributed by atoms with van der Waals surface area (Å²) in [6.07, 6.45) is 1.76. The van der Waals surface area contributed by atoms with Crippen molar-refractivity contribution in [2.45, 2.75) is 6.92 Å². The molecule has 0 aliphatic rings. The molecule has 0 unspecified atom stereocenters. The van der Waals surface area contributed by atoms with E-state index in [-0.39, 0.29) is 0 Å². The molecule has 0 saturated carbocycles. The van der Waals surface area contributed by atoms with Crippen LogP contribution in [0.3, 0.4) is 0 Å². The minimum absolute atomic E-state index is 0.654. The lowest BCUT2D eigenvalue weighted by Crippen LogP contribution is -1.87. The Hall–Kier alpha value is -0.0600. The molecule has 0 atom stereocenters. The number of pyridine rings is 1. The van der Waals surface area contributed by atoms with E-state index in [4.69, 9.17) is 23.2 Å². The fourth-order valence-electron chi connectivity index (χ4n) is 1.34. The van der Waals surface area contributed by atoms with Crippen molar-refractivity contribution in [2.75, 3.05) is 0 Å². The summed E-state index contributed by atoms with van der Waals surface area (Å²) in [5.74, 6) is 0. The van der Waals surface area contributed by atoms with Gasteiger partial charge in [-0.1, -0.05) is 29.3 Å². The summed E-state index contributed by atoms with van der Waals surface area (Å²) in [5, 5.41) is 2.19. The Balaban J connectivity index is 3.01. The maximum Gasteiger partial charge on any atom is 0.0761 e. The minimum atomic E-state index is 0.654. The standard InChI is InChI=1S/C10H6Cl2IN/c1-5-2-3-6(11)8-9(12)7(13)4-14-10(5)8/h2-4H,1H3. The van der Waals surface area contributed by atoms with Gasteiger partial charge in [0.1, 0.15) is 0 Å². The number of hydrogen-bond donors (Lipinski definition) is 0. The van der Waals surface area contributed by atoms with Crippen LogP contribution in [0.25, 0.3) is 10.9 Å². The quantitative estimate of drug-likeness (QED) is 0.647. The first-order valence-corrected chi connectivity index (χ1v) is 5.83. The maximum absolute atomic E-state index is 6.17. The average molecular weight is 338 g/mol. The van der Waals surface area contributed by atoms with Crippen molar-refractivity contribution in [3.63, 3.8) is 0 Å². The lowest BCUT2D eigenvalue weighted by Gasteiger charge is -2.06. The molecule has 0 bridgehead atoms. The Labute approximate surface area is 106 Å². The van der Waals surface area contributed by atoms with Crippen LogP contribution in [0, 0.1) is 10.5 Å². The van der Waals surface area contributed by atoms with Gasteiger partial charge in [-0.25, -0.2) is 0 Å². The first-order valence-electron chi connectivity index (χ1n) is 4.00. The van der Waals surface area contributed by atoms with Crippen LogP contribution in [0.4, 0.5) is 0 Å². The molecule has 1 heterocycles. The summed E-state index contributed by atoms with van der Waals surface area (Å²) < 4.78 is 0.921. The molecule has 2 rings (SSSR count). The zero-order chi connectivity index (χ0) is 10.3. The van der Waals surface area contributed by atoms with Gasteiger partial charge in [0.2, 0.25) is 0 Å². The molecule has 0 N–H and O–H groups in total. The number of aromatic nitrogens is 1. The third-order valence-corrected chi connectivity index (χ3v) is 3.91. The van der Waals surface area contributed by atoms with E-state index in [1.54, 1.807) is 6.20 Å². The molecular weight excluding hydrogens is 332 g/mol. The van der Waals surface area contributed by atoms with Crippen molar-refractivity contribution in [3.8, 4) is 0 Å². The van der Waals surface area contributed by atoms with Gasteiger partial charge in [-0.15, -0.1) is 0 Å². The second-order valence-electron chi connectivity index (χ2n) is 3.01. The van der Waals surface area contributed by atoms with Crippen LogP contribution in [-0.4, -0.2) is 4.98 Å². The van der Waals surface area contributed by atoms with Crippen LogP contribution < -0.4 is 0 Å². The van der Waals surface area contributed by atoms with Gasteiger partial charge >= 0.3 is 0 Å². The fraction of sp³-hybridized carbons (Fsp3) is 0.100. The summed E-state index contributed by atoms with van der Waals surface area (Å²) in [5.41, 5.74) is 1.96. The number of benzene rings is 1. The summed E-state index contributed by atoms with van der Waals surface area (Å²) >= 11 is 14.4. The van der Waals surface area contributed by atoms with Crippen molar-refractivity contribution in [1.82, 2.24) is 4.98 Å². The highest BCUT2D eigenvalue weighted by Crippen LogP contribution is 2.33. The average Bonchev–Trinajstić information content (AvgIpc) is 2.16. The summed E-state index contributed by atoms with van der Waals surface area (Å²) in [4.78, 5) is 4.33. The monoisotopic (exact) mass is 337 g/mol. The number of aryl methyl sites for hydroxylation is 1. The molecule has 0 fully saturated rings. The Morgan fingerprint density at radius 1 is 1.29 bits per heavy atom. The van der Waals surface area contributed by atoms with Crippen LogP contribution in [0.15, 0.2) is 18.3 Å². The van der Waals surface area contributed by atoms with Crippen molar-refractivity contribution in [2.24, 2.45) is 0 Å². The van der Waals surface area contributed by atoms with Crippen molar-refractivity contribution in [3.05, 3.63) is 37.5 Å². The molecular formula is C10H6Cl2IN. The second-order valence-corrected chi connectivity index (χ2v) is 4.96. The predicted octanol–water partition coefficient (Wildman–Crippen LogP) is 4.45. The van der Waals surface area contributed by atoms with Gasteiger partial charge in [-0.3, -0.25) is 4.98 Å². The molecule has 14 heavy (non-hydrogen) atoms. The Kier molecular flexibility index (Phi) is 2.86. The Morgan fingerprint density at radius 2 is 2.00 bits per heavy atom. The van der Waals surface area contributed by atoms with E-state index in [9.17, 15) is 0 Å². The summed E-state index contributed by atoms with van der Waals surface area (Å²) in [6, 6.07) is 3.80. The Morgan fingerprint density at radius 3 is 2.71 bits per heavy atom. The van der Waals surface area contributed by atoms with E-state index >= 15 is 0 Å². The van der Waals surface area contributed by atoms with E-state index in [1.165, 1.54) is 0 Å². The first kappa shape index (κ1) is 10.5. The van der Waals surface area contributed by atoms with Crippen molar-refractivity contribution in [1.29, 1.82) is 0 Å². The minimum Gasteiger partial charge on any atom is -0.255 e. The number of hydrogen-bond acceptors (Lipinski definition) is 1. The molecule has 0 saturated heterocycles. The van der Waals surface area contributed by atoms with Gasteiger partial charge in [-0.2, -0.15) is 0 Å². The molecule has 0 aliphatic carbocycles. The highest BCUT2D eigenvalue weighted by Gasteiger charge is 2.09. The third kappa shape index (κ3) is 1.59. The number of nitrogens with zero attached hydrogens (tertiary/aromatic N) is 1. The fourth-order valence-corrected chi connectivity index (χ4v) is 2.29. The van der Waals surface area contributed by atoms with Crippen LogP contribution in [0.1, 0.15) is 5.56 Å². The van der Waals surface area contributed by atoms with E-state index < -0.39 is 0 Å². The van der Waals surface area contributed by atoms with Crippen LogP contribution in [0.5, 0.6) is 0 Å². The normalized spacial score (nSPS) is 10.9. The number of rotatable bonds is 0. The lowest BCUT2D eigenvalue weighted by atomic mass is 10.1. The van der Waals surface area contributed by atoms with Crippen LogP contribution in [0.2, 0.25) is 10.0 Å². The summed E-state index contributed by atoms with van der Waals surface area (Å²) in [7, 11) is 0. The van der Waals surface area contributed by atoms with E-state index in [2.05, 4.69) is 27.6 Å². The van der Waals surface area contributed by atoms with Crippen molar-refractivity contribution >= 4 is 56.7 Å². The van der Waals surface area contributed by atoms with Crippen molar-refractivity contribution < 1.29 is 0 Å². The van der Waals surface area contributed by atoms with E-state index in [0.717, 1.165) is 20.0 Å². The molecule has 2 aromatic rings. The molecule has 72 valence electrons. The molecule has 0 amide bonds. The zero-order valence-corrected chi connectivity index (χ0v) is 11.0. The SMILES string of the molecule is Cc1ccc(Cl)c2c(Cl)c(I)cnc12. The second kappa shape index (κ2) is 3.83. The van der Waals surface area contributed by atoms with Gasteiger partial charge in [0, 0.05) is 11.6 Å². The van der Waals surface area contributed by atoms with Gasteiger partial charge < -0.3 is 0 Å². The molecule has 0 aliphatic heterocycles. The van der Waals surface area contributed by atoms with E-state index in [1.807, 2.05) is 19.1 Å². The van der Waals surface area contributed by atoms with Gasteiger partial charge in [0.15, 0.2) is 0 Å². The summed E-state index contributed by atoms with van der Waals surface area (Å²) in [6.45, 7) is 1.99. The van der Waals surface area contributed by atoms with Crippen LogP contribution >= 0.6 is 45.8 Å². The topological polar surface area (TPSA) is 12.9 Å². The molecule has 1 aromatic heterocycles. The molecule has 0 radical (unpaired) electrons. The molecule has 0 spiro atoms. The molecule has 1 nitrogen and oxygen atoms in total. The van der Waals surface area contributed by atoms with Gasteiger partial charge in [-0.05, 0) is 41.1 Å². The molecule has 1 aromatic carbocycles. The van der Waals surface area contributed by atoms with Crippen LogP contribution in [-0.2, 0) is 0 Å². The first-order chi connectivity index (χ1) is 6.61. The largest absolute Gasteiger partial charge is 0.255 e. The smallest absolute Gasteiger partial charge is 0.0761 e. The Bertz CT molecular complexity index is 511. The number of fused-ring (bicyclic) bond motifs is 1.